The lowest BCUT2D eigenvalue weighted by Gasteiger charge is -2.08. The van der Waals surface area contributed by atoms with E-state index in [1.807, 2.05) is 6.07 Å². The molecule has 0 atom stereocenters. The Morgan fingerprint density at radius 2 is 1.88 bits per heavy atom. The maximum absolute atomic E-state index is 12.6. The molecule has 3 rings (SSSR count). The number of rotatable bonds is 3. The molecule has 10 heteroatoms. The van der Waals surface area contributed by atoms with E-state index in [1.54, 1.807) is 12.1 Å². The topological polar surface area (TPSA) is 100 Å². The average Bonchev–Trinajstić information content (AvgIpc) is 3.04. The fourth-order valence-corrected chi connectivity index (χ4v) is 1.84. The van der Waals surface area contributed by atoms with Crippen LogP contribution in [0.5, 0.6) is 11.8 Å². The van der Waals surface area contributed by atoms with Gasteiger partial charge in [-0.3, -0.25) is 0 Å². The number of ether oxygens (including phenoxy) is 1. The Morgan fingerprint density at radius 3 is 2.54 bits per heavy atom. The van der Waals surface area contributed by atoms with Gasteiger partial charge in [-0.2, -0.15) is 23.4 Å². The van der Waals surface area contributed by atoms with Crippen LogP contribution in [0.25, 0.3) is 11.3 Å². The Labute approximate surface area is 132 Å². The van der Waals surface area contributed by atoms with Gasteiger partial charge in [-0.05, 0) is 30.3 Å². The molecule has 3 aromatic rings. The van der Waals surface area contributed by atoms with E-state index in [-0.39, 0.29) is 11.4 Å². The third-order valence-electron chi connectivity index (χ3n) is 2.92. The van der Waals surface area contributed by atoms with E-state index < -0.39 is 17.9 Å². The number of hydrogen-bond acceptors (Lipinski definition) is 6. The molecule has 0 bridgehead atoms. The Bertz CT molecular complexity index is 898. The van der Waals surface area contributed by atoms with Crippen LogP contribution in [0.1, 0.15) is 11.4 Å². The third-order valence-corrected chi connectivity index (χ3v) is 2.92. The van der Waals surface area contributed by atoms with Crippen LogP contribution < -0.4 is 4.74 Å². The van der Waals surface area contributed by atoms with Crippen molar-refractivity contribution in [3.8, 4) is 29.1 Å². The zero-order valence-corrected chi connectivity index (χ0v) is 11.7. The molecule has 0 saturated heterocycles. The molecule has 1 N–H and O–H groups in total. The van der Waals surface area contributed by atoms with Crippen molar-refractivity contribution in [2.24, 2.45) is 0 Å². The summed E-state index contributed by atoms with van der Waals surface area (Å²) in [6.07, 6.45) is -3.61. The van der Waals surface area contributed by atoms with E-state index in [9.17, 15) is 13.2 Å². The van der Waals surface area contributed by atoms with Crippen LogP contribution in [0.3, 0.4) is 0 Å². The molecule has 0 unspecified atom stereocenters. The maximum Gasteiger partial charge on any atom is 0.433 e. The molecule has 0 fully saturated rings. The van der Waals surface area contributed by atoms with Gasteiger partial charge < -0.3 is 4.74 Å². The van der Waals surface area contributed by atoms with E-state index in [4.69, 9.17) is 10.00 Å². The van der Waals surface area contributed by atoms with Crippen molar-refractivity contribution in [3.05, 3.63) is 47.9 Å². The van der Waals surface area contributed by atoms with Gasteiger partial charge in [-0.25, -0.2) is 10.1 Å². The van der Waals surface area contributed by atoms with Crippen LogP contribution in [0.15, 0.2) is 36.5 Å². The highest BCUT2D eigenvalue weighted by atomic mass is 19.4. The highest BCUT2D eigenvalue weighted by molar-refractivity contribution is 5.64. The largest absolute Gasteiger partial charge is 0.433 e. The van der Waals surface area contributed by atoms with Gasteiger partial charge in [0.2, 0.25) is 0 Å². The molecule has 0 aliphatic carbocycles. The molecular formula is C14H7F3N6O. The highest BCUT2D eigenvalue weighted by Crippen LogP contribution is 2.29. The fourth-order valence-electron chi connectivity index (χ4n) is 1.84. The van der Waals surface area contributed by atoms with Gasteiger partial charge in [0.05, 0.1) is 0 Å². The fraction of sp³-hybridized carbons (Fsp3) is 0.0714. The second-order valence-corrected chi connectivity index (χ2v) is 4.50. The predicted molar refractivity (Wildman–Crippen MR) is 73.6 cm³/mol. The van der Waals surface area contributed by atoms with Crippen LogP contribution in [0.2, 0.25) is 0 Å². The first-order valence-electron chi connectivity index (χ1n) is 6.47. The maximum atomic E-state index is 12.6. The van der Waals surface area contributed by atoms with Crippen molar-refractivity contribution in [1.82, 2.24) is 25.4 Å². The molecule has 0 spiro atoms. The van der Waals surface area contributed by atoms with Crippen LogP contribution in [0, 0.1) is 11.3 Å². The first kappa shape index (κ1) is 15.4. The van der Waals surface area contributed by atoms with Crippen molar-refractivity contribution >= 4 is 0 Å². The zero-order valence-electron chi connectivity index (χ0n) is 11.7. The van der Waals surface area contributed by atoms with Gasteiger partial charge >= 0.3 is 12.2 Å². The van der Waals surface area contributed by atoms with Crippen LogP contribution >= 0.6 is 0 Å². The van der Waals surface area contributed by atoms with Crippen LogP contribution in [0.4, 0.5) is 13.2 Å². The van der Waals surface area contributed by atoms with E-state index in [0.29, 0.717) is 11.3 Å². The molecule has 2 aromatic heterocycles. The van der Waals surface area contributed by atoms with Gasteiger partial charge in [0.1, 0.15) is 17.5 Å². The lowest BCUT2D eigenvalue weighted by molar-refractivity contribution is -0.141. The summed E-state index contributed by atoms with van der Waals surface area (Å²) < 4.78 is 43.0. The molecule has 120 valence electrons. The number of nitrogens with one attached hydrogen (secondary N) is 1. The average molecular weight is 332 g/mol. The second-order valence-electron chi connectivity index (χ2n) is 4.50. The van der Waals surface area contributed by atoms with E-state index in [0.717, 1.165) is 12.3 Å². The lowest BCUT2D eigenvalue weighted by atomic mass is 10.1. The van der Waals surface area contributed by atoms with E-state index in [1.165, 1.54) is 12.1 Å². The van der Waals surface area contributed by atoms with Gasteiger partial charge in [0.25, 0.3) is 0 Å². The van der Waals surface area contributed by atoms with Crippen molar-refractivity contribution in [2.75, 3.05) is 0 Å². The van der Waals surface area contributed by atoms with Crippen molar-refractivity contribution in [1.29, 1.82) is 5.26 Å². The molecule has 7 nitrogen and oxygen atoms in total. The molecule has 0 radical (unpaired) electrons. The molecular weight excluding hydrogens is 325 g/mol. The number of halogens is 3. The molecule has 24 heavy (non-hydrogen) atoms. The smallest absolute Gasteiger partial charge is 0.424 e. The summed E-state index contributed by atoms with van der Waals surface area (Å²) in [6.45, 7) is 0. The minimum Gasteiger partial charge on any atom is -0.424 e. The molecule has 1 aromatic carbocycles. The Morgan fingerprint density at radius 1 is 1.12 bits per heavy atom. The normalized spacial score (nSPS) is 11.1. The number of H-pyrrole nitrogens is 1. The number of nitrogens with zero attached hydrogens (tertiary/aromatic N) is 5. The van der Waals surface area contributed by atoms with E-state index >= 15 is 0 Å². The molecule has 0 aliphatic rings. The highest BCUT2D eigenvalue weighted by Gasteiger charge is 2.33. The zero-order chi connectivity index (χ0) is 17.2. The summed E-state index contributed by atoms with van der Waals surface area (Å²) >= 11 is 0. The number of aromatic nitrogens is 5. The minimum atomic E-state index is -4.58. The number of benzene rings is 1. The SMILES string of the molecule is N#Cc1[nH]nnc1-c1ccc(Oc2nccc(C(F)(F)F)n2)cc1. The van der Waals surface area contributed by atoms with Gasteiger partial charge in [-0.15, -0.1) is 5.10 Å². The van der Waals surface area contributed by atoms with Crippen LogP contribution in [-0.4, -0.2) is 25.4 Å². The summed E-state index contributed by atoms with van der Waals surface area (Å²) in [4.78, 5) is 6.95. The lowest BCUT2D eigenvalue weighted by Crippen LogP contribution is -2.08. The molecule has 0 saturated carbocycles. The van der Waals surface area contributed by atoms with Crippen molar-refractivity contribution in [3.63, 3.8) is 0 Å². The van der Waals surface area contributed by atoms with Crippen molar-refractivity contribution in [2.45, 2.75) is 6.18 Å². The Kier molecular flexibility index (Phi) is 3.83. The molecule has 0 aliphatic heterocycles. The molecule has 2 heterocycles. The predicted octanol–water partition coefficient (Wildman–Crippen LogP) is 2.94. The number of nitriles is 1. The number of hydrogen-bond donors (Lipinski definition) is 1. The van der Waals surface area contributed by atoms with Gasteiger partial charge in [-0.1, -0.05) is 5.21 Å². The summed E-state index contributed by atoms with van der Waals surface area (Å²) in [5.74, 6) is 0.236. The second kappa shape index (κ2) is 5.96. The van der Waals surface area contributed by atoms with Gasteiger partial charge in [0, 0.05) is 11.8 Å². The van der Waals surface area contributed by atoms with Crippen LogP contribution in [-0.2, 0) is 6.18 Å². The standard InChI is InChI=1S/C14H7F3N6O/c15-14(16,17)11-5-6-19-13(20-11)24-9-3-1-8(2-4-9)12-10(7-18)21-23-22-12/h1-6H,(H,21,22,23). The Hall–Kier alpha value is -3.48. The Balaban J connectivity index is 1.81. The summed E-state index contributed by atoms with van der Waals surface area (Å²) in [6, 6.07) is 8.40. The summed E-state index contributed by atoms with van der Waals surface area (Å²) in [5, 5.41) is 18.7. The minimum absolute atomic E-state index is 0.199. The van der Waals surface area contributed by atoms with Crippen molar-refractivity contribution < 1.29 is 17.9 Å². The quantitative estimate of drug-likeness (QED) is 0.791. The number of aromatic amines is 1. The first-order chi connectivity index (χ1) is 11.5. The number of alkyl halides is 3. The molecule has 0 amide bonds. The van der Waals surface area contributed by atoms with E-state index in [2.05, 4.69) is 25.4 Å². The third kappa shape index (κ3) is 3.14. The summed E-state index contributed by atoms with van der Waals surface area (Å²) in [7, 11) is 0. The first-order valence-corrected chi connectivity index (χ1v) is 6.47. The van der Waals surface area contributed by atoms with Gasteiger partial charge in [0.15, 0.2) is 11.4 Å². The monoisotopic (exact) mass is 332 g/mol. The summed E-state index contributed by atoms with van der Waals surface area (Å²) in [5.41, 5.74) is 0.0623.